The van der Waals surface area contributed by atoms with Crippen LogP contribution in [0.1, 0.15) is 5.56 Å². The normalized spacial score (nSPS) is 11.4. The van der Waals surface area contributed by atoms with Gasteiger partial charge in [0.25, 0.3) is 0 Å². The van der Waals surface area contributed by atoms with Gasteiger partial charge in [-0.3, -0.25) is 0 Å². The maximum Gasteiger partial charge on any atom is 0.344 e. The van der Waals surface area contributed by atoms with Crippen LogP contribution in [0.2, 0.25) is 15.1 Å². The van der Waals surface area contributed by atoms with Crippen molar-refractivity contribution in [2.75, 3.05) is 7.11 Å². The molecule has 6 heteroatoms. The van der Waals surface area contributed by atoms with Crippen LogP contribution in [0.3, 0.4) is 0 Å². The summed E-state index contributed by atoms with van der Waals surface area (Å²) in [4.78, 5) is 11.2. The van der Waals surface area contributed by atoms with E-state index in [1.807, 2.05) is 0 Å². The number of methoxy groups -OCH3 is 1. The van der Waals surface area contributed by atoms with E-state index in [1.165, 1.54) is 13.2 Å². The van der Waals surface area contributed by atoms with E-state index in [4.69, 9.17) is 34.8 Å². The molecule has 0 heterocycles. The van der Waals surface area contributed by atoms with Crippen LogP contribution in [0.25, 0.3) is 6.08 Å². The third-order valence-electron chi connectivity index (χ3n) is 1.76. The third-order valence-corrected chi connectivity index (χ3v) is 3.22. The van der Waals surface area contributed by atoms with Gasteiger partial charge >= 0.3 is 5.97 Å². The molecule has 0 bridgehead atoms. The lowest BCUT2D eigenvalue weighted by Crippen LogP contribution is -1.99. The van der Waals surface area contributed by atoms with Crippen LogP contribution in [0.4, 0.5) is 0 Å². The first kappa shape index (κ1) is 13.7. The second-order valence-electron chi connectivity index (χ2n) is 2.78. The molecule has 0 atom stereocenters. The zero-order valence-electron chi connectivity index (χ0n) is 8.13. The van der Waals surface area contributed by atoms with Crippen molar-refractivity contribution < 1.29 is 9.53 Å². The SMILES string of the molecule is COC(=O)/C(S)=C/c1c(Cl)ccc(Cl)c1Cl. The number of esters is 1. The molecule has 1 rings (SSSR count). The molecule has 0 saturated carbocycles. The van der Waals surface area contributed by atoms with Crippen LogP contribution in [0.15, 0.2) is 17.0 Å². The highest BCUT2D eigenvalue weighted by atomic mass is 35.5. The number of carbonyl (C=O) groups is 1. The van der Waals surface area contributed by atoms with Crippen molar-refractivity contribution in [1.29, 1.82) is 0 Å². The highest BCUT2D eigenvalue weighted by Crippen LogP contribution is 2.33. The van der Waals surface area contributed by atoms with Gasteiger partial charge in [0.05, 0.1) is 22.1 Å². The van der Waals surface area contributed by atoms with Gasteiger partial charge in [0.2, 0.25) is 0 Å². The number of rotatable bonds is 2. The fourth-order valence-electron chi connectivity index (χ4n) is 0.975. The van der Waals surface area contributed by atoms with E-state index in [0.29, 0.717) is 15.6 Å². The second kappa shape index (κ2) is 5.82. The van der Waals surface area contributed by atoms with Gasteiger partial charge in [0, 0.05) is 10.6 Å². The molecule has 1 aromatic rings. The fourth-order valence-corrected chi connectivity index (χ4v) is 1.84. The largest absolute Gasteiger partial charge is 0.465 e. The highest BCUT2D eigenvalue weighted by Gasteiger charge is 2.11. The smallest absolute Gasteiger partial charge is 0.344 e. The zero-order chi connectivity index (χ0) is 12.3. The van der Waals surface area contributed by atoms with Crippen LogP contribution in [-0.2, 0) is 9.53 Å². The van der Waals surface area contributed by atoms with Crippen LogP contribution in [0.5, 0.6) is 0 Å². The predicted octanol–water partition coefficient (Wildman–Crippen LogP) is 4.09. The minimum atomic E-state index is -0.574. The minimum Gasteiger partial charge on any atom is -0.465 e. The third kappa shape index (κ3) is 3.08. The van der Waals surface area contributed by atoms with Crippen LogP contribution < -0.4 is 0 Å². The van der Waals surface area contributed by atoms with E-state index < -0.39 is 5.97 Å². The fraction of sp³-hybridized carbons (Fsp3) is 0.100. The lowest BCUT2D eigenvalue weighted by molar-refractivity contribution is -0.135. The molecule has 0 amide bonds. The molecule has 2 nitrogen and oxygen atoms in total. The summed E-state index contributed by atoms with van der Waals surface area (Å²) < 4.78 is 4.49. The molecule has 0 spiro atoms. The zero-order valence-corrected chi connectivity index (χ0v) is 11.3. The number of hydrogen-bond acceptors (Lipinski definition) is 3. The molecule has 0 aromatic heterocycles. The van der Waals surface area contributed by atoms with E-state index in [1.54, 1.807) is 12.1 Å². The first-order chi connectivity index (χ1) is 7.47. The Labute approximate surface area is 114 Å². The van der Waals surface area contributed by atoms with Gasteiger partial charge in [-0.25, -0.2) is 4.79 Å². The van der Waals surface area contributed by atoms with Crippen molar-refractivity contribution in [2.45, 2.75) is 0 Å². The number of halogens is 3. The molecule has 16 heavy (non-hydrogen) atoms. The lowest BCUT2D eigenvalue weighted by atomic mass is 10.2. The summed E-state index contributed by atoms with van der Waals surface area (Å²) >= 11 is 21.7. The van der Waals surface area contributed by atoms with Gasteiger partial charge in [0.15, 0.2) is 0 Å². The molecule has 0 radical (unpaired) electrons. The molecule has 0 aliphatic carbocycles. The molecule has 0 fully saturated rings. The Balaban J connectivity index is 3.24. The quantitative estimate of drug-likeness (QED) is 0.385. The molecular weight excluding hydrogens is 291 g/mol. The molecule has 1 aromatic carbocycles. The van der Waals surface area contributed by atoms with Crippen molar-refractivity contribution >= 4 is 59.5 Å². The number of benzene rings is 1. The standard InChI is InChI=1S/C10H7Cl3O2S/c1-15-10(14)8(16)4-5-6(11)2-3-7(12)9(5)13/h2-4,16H,1H3/b8-4-. The molecule has 0 aliphatic rings. The van der Waals surface area contributed by atoms with Crippen LogP contribution in [0, 0.1) is 0 Å². The van der Waals surface area contributed by atoms with E-state index >= 15 is 0 Å². The van der Waals surface area contributed by atoms with Gasteiger partial charge < -0.3 is 4.74 Å². The highest BCUT2D eigenvalue weighted by molar-refractivity contribution is 7.85. The van der Waals surface area contributed by atoms with Crippen molar-refractivity contribution in [1.82, 2.24) is 0 Å². The van der Waals surface area contributed by atoms with Crippen LogP contribution in [-0.4, -0.2) is 13.1 Å². The molecular formula is C10H7Cl3O2S. The number of ether oxygens (including phenoxy) is 1. The van der Waals surface area contributed by atoms with Crippen molar-refractivity contribution in [2.24, 2.45) is 0 Å². The minimum absolute atomic E-state index is 0.0913. The van der Waals surface area contributed by atoms with Crippen molar-refractivity contribution in [3.8, 4) is 0 Å². The molecule has 86 valence electrons. The topological polar surface area (TPSA) is 26.3 Å². The van der Waals surface area contributed by atoms with E-state index in [2.05, 4.69) is 17.4 Å². The van der Waals surface area contributed by atoms with Gasteiger partial charge in [-0.1, -0.05) is 34.8 Å². The predicted molar refractivity (Wildman–Crippen MR) is 70.5 cm³/mol. The lowest BCUT2D eigenvalue weighted by Gasteiger charge is -2.05. The Morgan fingerprint density at radius 3 is 2.44 bits per heavy atom. The number of hydrogen-bond donors (Lipinski definition) is 1. The van der Waals surface area contributed by atoms with Gasteiger partial charge in [-0.05, 0) is 18.2 Å². The Hall–Kier alpha value is -0.350. The van der Waals surface area contributed by atoms with E-state index in [-0.39, 0.29) is 9.93 Å². The first-order valence-corrected chi connectivity index (χ1v) is 5.68. The summed E-state index contributed by atoms with van der Waals surface area (Å²) in [5.41, 5.74) is 0.436. The summed E-state index contributed by atoms with van der Waals surface area (Å²) in [5, 5.41) is 0.998. The van der Waals surface area contributed by atoms with Crippen molar-refractivity contribution in [3.63, 3.8) is 0 Å². The summed E-state index contributed by atoms with van der Waals surface area (Å²) in [6, 6.07) is 3.15. The Morgan fingerprint density at radius 1 is 1.31 bits per heavy atom. The van der Waals surface area contributed by atoms with Gasteiger partial charge in [0.1, 0.15) is 0 Å². The summed E-state index contributed by atoms with van der Waals surface area (Å²) in [7, 11) is 1.26. The summed E-state index contributed by atoms with van der Waals surface area (Å²) in [5.74, 6) is -0.574. The van der Waals surface area contributed by atoms with E-state index in [0.717, 1.165) is 0 Å². The average Bonchev–Trinajstić information content (AvgIpc) is 2.28. The molecule has 0 N–H and O–H groups in total. The Morgan fingerprint density at radius 2 is 1.88 bits per heavy atom. The van der Waals surface area contributed by atoms with Crippen molar-refractivity contribution in [3.05, 3.63) is 37.7 Å². The van der Waals surface area contributed by atoms with Crippen LogP contribution >= 0.6 is 47.4 Å². The molecule has 0 unspecified atom stereocenters. The molecule has 0 saturated heterocycles. The monoisotopic (exact) mass is 296 g/mol. The average molecular weight is 298 g/mol. The number of thiol groups is 1. The first-order valence-electron chi connectivity index (χ1n) is 4.10. The van der Waals surface area contributed by atoms with Gasteiger partial charge in [-0.2, -0.15) is 0 Å². The maximum atomic E-state index is 11.1. The summed E-state index contributed by atoms with van der Waals surface area (Å²) in [6.45, 7) is 0. The summed E-state index contributed by atoms with van der Waals surface area (Å²) in [6.07, 6.45) is 1.41. The van der Waals surface area contributed by atoms with Gasteiger partial charge in [-0.15, -0.1) is 12.6 Å². The second-order valence-corrected chi connectivity index (χ2v) is 4.45. The Kier molecular flexibility index (Phi) is 4.99. The Bertz CT molecular complexity index is 458. The molecule has 0 aliphatic heterocycles. The van der Waals surface area contributed by atoms with E-state index in [9.17, 15) is 4.79 Å². The maximum absolute atomic E-state index is 11.1. The number of carbonyl (C=O) groups excluding carboxylic acids is 1.